The number of ether oxygens (including phenoxy) is 1. The van der Waals surface area contributed by atoms with E-state index in [1.54, 1.807) is 49.4 Å². The summed E-state index contributed by atoms with van der Waals surface area (Å²) in [6.45, 7) is 6.48. The number of carbonyl (C=O) groups excluding carboxylic acids is 2. The van der Waals surface area contributed by atoms with E-state index in [1.165, 1.54) is 12.0 Å². The fraction of sp³-hybridized carbons (Fsp3) is 0.417. The molecule has 0 aliphatic carbocycles. The van der Waals surface area contributed by atoms with Crippen molar-refractivity contribution < 1.29 is 22.7 Å². The van der Waals surface area contributed by atoms with Gasteiger partial charge in [-0.25, -0.2) is 8.42 Å². The molecular formula is C24H31Cl2N3O5S. The van der Waals surface area contributed by atoms with Gasteiger partial charge < -0.3 is 15.0 Å². The minimum Gasteiger partial charge on any atom is -0.495 e. The lowest BCUT2D eigenvalue weighted by Gasteiger charge is -2.33. The summed E-state index contributed by atoms with van der Waals surface area (Å²) in [4.78, 5) is 27.9. The largest absolute Gasteiger partial charge is 0.495 e. The maximum absolute atomic E-state index is 13.6. The van der Waals surface area contributed by atoms with Gasteiger partial charge in [0.1, 0.15) is 18.3 Å². The number of benzene rings is 2. The van der Waals surface area contributed by atoms with Crippen molar-refractivity contribution in [3.8, 4) is 5.75 Å². The Morgan fingerprint density at radius 1 is 1.11 bits per heavy atom. The van der Waals surface area contributed by atoms with E-state index in [9.17, 15) is 18.0 Å². The van der Waals surface area contributed by atoms with E-state index in [0.717, 1.165) is 10.6 Å². The van der Waals surface area contributed by atoms with Gasteiger partial charge >= 0.3 is 0 Å². The third-order valence-electron chi connectivity index (χ3n) is 5.05. The molecule has 0 unspecified atom stereocenters. The molecule has 1 atom stereocenters. The predicted octanol–water partition coefficient (Wildman–Crippen LogP) is 4.10. The summed E-state index contributed by atoms with van der Waals surface area (Å²) < 4.78 is 31.6. The molecule has 0 saturated heterocycles. The normalized spacial score (nSPS) is 12.6. The SMILES string of the molecule is COc1ccccc1N(CC(=O)N(Cc1ccc(Cl)cc1Cl)[C@H](C)C(=O)NC(C)(C)C)S(C)(=O)=O. The van der Waals surface area contributed by atoms with Gasteiger partial charge in [-0.1, -0.05) is 41.4 Å². The van der Waals surface area contributed by atoms with Crippen LogP contribution < -0.4 is 14.4 Å². The molecule has 0 bridgehead atoms. The van der Waals surface area contributed by atoms with Crippen LogP contribution in [0.4, 0.5) is 5.69 Å². The van der Waals surface area contributed by atoms with Crippen molar-refractivity contribution in [2.75, 3.05) is 24.2 Å². The Bertz CT molecular complexity index is 1180. The minimum absolute atomic E-state index is 0.0307. The summed E-state index contributed by atoms with van der Waals surface area (Å²) in [5.41, 5.74) is 0.235. The first-order valence-corrected chi connectivity index (χ1v) is 13.4. The van der Waals surface area contributed by atoms with Crippen molar-refractivity contribution in [1.82, 2.24) is 10.2 Å². The molecule has 2 aromatic carbocycles. The van der Waals surface area contributed by atoms with Crippen LogP contribution in [0.25, 0.3) is 0 Å². The van der Waals surface area contributed by atoms with Crippen molar-refractivity contribution in [3.63, 3.8) is 0 Å². The zero-order chi connectivity index (χ0) is 26.6. The van der Waals surface area contributed by atoms with Gasteiger partial charge in [-0.05, 0) is 57.5 Å². The van der Waals surface area contributed by atoms with Crippen LogP contribution in [0, 0.1) is 0 Å². The molecule has 11 heteroatoms. The fourth-order valence-corrected chi connectivity index (χ4v) is 4.64. The molecule has 0 fully saturated rings. The van der Waals surface area contributed by atoms with Crippen molar-refractivity contribution >= 4 is 50.7 Å². The van der Waals surface area contributed by atoms with Gasteiger partial charge in [0.2, 0.25) is 21.8 Å². The summed E-state index contributed by atoms with van der Waals surface area (Å²) in [6.07, 6.45) is 1.00. The van der Waals surface area contributed by atoms with Gasteiger partial charge in [-0.2, -0.15) is 0 Å². The third-order valence-corrected chi connectivity index (χ3v) is 6.77. The third kappa shape index (κ3) is 8.02. The summed E-state index contributed by atoms with van der Waals surface area (Å²) in [6, 6.07) is 10.4. The van der Waals surface area contributed by atoms with E-state index < -0.39 is 34.1 Å². The lowest BCUT2D eigenvalue weighted by molar-refractivity contribution is -0.140. The molecule has 2 aromatic rings. The Balaban J connectivity index is 2.48. The Kier molecular flexibility index (Phi) is 9.44. The number of sulfonamides is 1. The molecule has 0 radical (unpaired) electrons. The minimum atomic E-state index is -3.88. The molecule has 2 rings (SSSR count). The van der Waals surface area contributed by atoms with Gasteiger partial charge in [0.15, 0.2) is 0 Å². The zero-order valence-electron chi connectivity index (χ0n) is 20.6. The Labute approximate surface area is 217 Å². The van der Waals surface area contributed by atoms with Crippen LogP contribution in [0.1, 0.15) is 33.3 Å². The number of halogens is 2. The van der Waals surface area contributed by atoms with Crippen LogP contribution in [0.2, 0.25) is 10.0 Å². The van der Waals surface area contributed by atoms with Crippen LogP contribution in [-0.4, -0.2) is 56.6 Å². The molecule has 1 N–H and O–H groups in total. The fourth-order valence-electron chi connectivity index (χ4n) is 3.32. The first-order chi connectivity index (χ1) is 16.1. The van der Waals surface area contributed by atoms with E-state index in [4.69, 9.17) is 27.9 Å². The summed E-state index contributed by atoms with van der Waals surface area (Å²) in [5, 5.41) is 3.61. The first-order valence-electron chi connectivity index (χ1n) is 10.8. The maximum atomic E-state index is 13.6. The van der Waals surface area contributed by atoms with E-state index in [0.29, 0.717) is 15.6 Å². The first kappa shape index (κ1) is 28.7. The van der Waals surface area contributed by atoms with E-state index >= 15 is 0 Å². The highest BCUT2D eigenvalue weighted by atomic mass is 35.5. The van der Waals surface area contributed by atoms with Crippen LogP contribution in [0.5, 0.6) is 5.75 Å². The lowest BCUT2D eigenvalue weighted by Crippen LogP contribution is -2.54. The van der Waals surface area contributed by atoms with Crippen LogP contribution in [-0.2, 0) is 26.2 Å². The highest BCUT2D eigenvalue weighted by Gasteiger charge is 2.32. The van der Waals surface area contributed by atoms with Gasteiger partial charge in [0.05, 0.1) is 19.1 Å². The van der Waals surface area contributed by atoms with Gasteiger partial charge in [-0.3, -0.25) is 13.9 Å². The summed E-state index contributed by atoms with van der Waals surface area (Å²) >= 11 is 12.3. The van der Waals surface area contributed by atoms with Crippen molar-refractivity contribution in [3.05, 3.63) is 58.1 Å². The number of nitrogens with one attached hydrogen (secondary N) is 1. The number of anilines is 1. The number of amides is 2. The summed E-state index contributed by atoms with van der Waals surface area (Å²) in [5.74, 6) is -0.695. The monoisotopic (exact) mass is 543 g/mol. The van der Waals surface area contributed by atoms with E-state index in [-0.39, 0.29) is 23.9 Å². The molecule has 192 valence electrons. The van der Waals surface area contributed by atoms with E-state index in [2.05, 4.69) is 5.32 Å². The quantitative estimate of drug-likeness (QED) is 0.513. The second-order valence-corrected chi connectivity index (χ2v) is 11.9. The second-order valence-electron chi connectivity index (χ2n) is 9.11. The molecule has 0 aliphatic heterocycles. The second kappa shape index (κ2) is 11.5. The molecule has 0 aliphatic rings. The standard InChI is InChI=1S/C24H31Cl2N3O5S/c1-16(23(31)27-24(2,3)4)28(14-17-11-12-18(25)13-19(17)26)22(30)15-29(35(6,32)33)20-9-7-8-10-21(20)34-5/h7-13,16H,14-15H2,1-6H3,(H,27,31)/t16-/m1/s1. The molecule has 0 saturated carbocycles. The topological polar surface area (TPSA) is 96.0 Å². The smallest absolute Gasteiger partial charge is 0.244 e. The number of hydrogen-bond acceptors (Lipinski definition) is 5. The summed E-state index contributed by atoms with van der Waals surface area (Å²) in [7, 11) is -2.47. The number of nitrogens with zero attached hydrogens (tertiary/aromatic N) is 2. The molecule has 35 heavy (non-hydrogen) atoms. The lowest BCUT2D eigenvalue weighted by atomic mass is 10.1. The molecular weight excluding hydrogens is 513 g/mol. The number of carbonyl (C=O) groups is 2. The Morgan fingerprint density at radius 2 is 1.74 bits per heavy atom. The number of rotatable bonds is 9. The molecule has 2 amide bonds. The van der Waals surface area contributed by atoms with Crippen molar-refractivity contribution in [2.24, 2.45) is 0 Å². The average Bonchev–Trinajstić information content (AvgIpc) is 2.74. The van der Waals surface area contributed by atoms with Gasteiger partial charge in [0, 0.05) is 22.1 Å². The van der Waals surface area contributed by atoms with E-state index in [1.807, 2.05) is 20.8 Å². The van der Waals surface area contributed by atoms with Crippen LogP contribution in [0.15, 0.2) is 42.5 Å². The zero-order valence-corrected chi connectivity index (χ0v) is 23.0. The highest BCUT2D eigenvalue weighted by Crippen LogP contribution is 2.30. The Morgan fingerprint density at radius 3 is 2.29 bits per heavy atom. The average molecular weight is 545 g/mol. The van der Waals surface area contributed by atoms with Crippen LogP contribution in [0.3, 0.4) is 0 Å². The predicted molar refractivity (Wildman–Crippen MR) is 140 cm³/mol. The Hall–Kier alpha value is -2.49. The van der Waals surface area contributed by atoms with Gasteiger partial charge in [0.25, 0.3) is 0 Å². The molecule has 8 nitrogen and oxygen atoms in total. The number of para-hydroxylation sites is 2. The number of hydrogen-bond donors (Lipinski definition) is 1. The van der Waals surface area contributed by atoms with Crippen LogP contribution >= 0.6 is 23.2 Å². The van der Waals surface area contributed by atoms with Gasteiger partial charge in [-0.15, -0.1) is 0 Å². The molecule has 0 spiro atoms. The highest BCUT2D eigenvalue weighted by molar-refractivity contribution is 7.92. The number of methoxy groups -OCH3 is 1. The maximum Gasteiger partial charge on any atom is 0.244 e. The van der Waals surface area contributed by atoms with Crippen molar-refractivity contribution in [2.45, 2.75) is 45.8 Å². The van der Waals surface area contributed by atoms with Crippen molar-refractivity contribution in [1.29, 1.82) is 0 Å². The molecule has 0 heterocycles. The molecule has 0 aromatic heterocycles.